The van der Waals surface area contributed by atoms with E-state index in [0.29, 0.717) is 0 Å². The van der Waals surface area contributed by atoms with Crippen molar-refractivity contribution in [3.8, 4) is 10.6 Å². The topological polar surface area (TPSA) is 102 Å². The molecule has 1 aliphatic rings. The summed E-state index contributed by atoms with van der Waals surface area (Å²) in [5.74, 6) is -5.21. The van der Waals surface area contributed by atoms with Crippen molar-refractivity contribution >= 4 is 28.8 Å². The van der Waals surface area contributed by atoms with Crippen LogP contribution in [-0.4, -0.2) is 40.8 Å². The van der Waals surface area contributed by atoms with Crippen LogP contribution in [0.5, 0.6) is 0 Å². The number of benzene rings is 1. The number of aromatic nitrogens is 2. The Balaban J connectivity index is 1.61. The van der Waals surface area contributed by atoms with Gasteiger partial charge in [-0.05, 0) is 37.3 Å². The molecule has 7 nitrogen and oxygen atoms in total. The molecular weight excluding hydrogens is 443 g/mol. The summed E-state index contributed by atoms with van der Waals surface area (Å²) in [7, 11) is 0. The highest BCUT2D eigenvalue weighted by Gasteiger charge is 2.54. The maximum atomic E-state index is 14.8. The number of hydrogen-bond donors (Lipinski definition) is 2. The van der Waals surface area contributed by atoms with Gasteiger partial charge in [0.2, 0.25) is 0 Å². The minimum absolute atomic E-state index is 0.0952. The molecule has 0 saturated heterocycles. The van der Waals surface area contributed by atoms with Crippen molar-refractivity contribution in [2.24, 2.45) is 10.7 Å². The van der Waals surface area contributed by atoms with E-state index in [1.165, 1.54) is 29.7 Å². The molecule has 1 aromatic carbocycles. The lowest BCUT2D eigenvalue weighted by atomic mass is 9.85. The molecule has 3 aromatic rings. The van der Waals surface area contributed by atoms with Crippen LogP contribution in [0.25, 0.3) is 10.6 Å². The fourth-order valence-electron chi connectivity index (χ4n) is 3.27. The van der Waals surface area contributed by atoms with E-state index in [1.54, 1.807) is 12.3 Å². The molecule has 1 atom stereocenters. The number of nitrogens with two attached hydrogens (primary N) is 1. The maximum absolute atomic E-state index is 14.8. The van der Waals surface area contributed by atoms with Crippen molar-refractivity contribution in [3.05, 3.63) is 65.2 Å². The van der Waals surface area contributed by atoms with Crippen molar-refractivity contribution in [1.82, 2.24) is 9.97 Å². The lowest BCUT2D eigenvalue weighted by molar-refractivity contribution is -0.116. The zero-order valence-corrected chi connectivity index (χ0v) is 17.6. The molecule has 0 radical (unpaired) electrons. The summed E-state index contributed by atoms with van der Waals surface area (Å²) in [6.45, 7) is -0.178. The van der Waals surface area contributed by atoms with E-state index < -0.39 is 35.4 Å². The summed E-state index contributed by atoms with van der Waals surface area (Å²) in [4.78, 5) is 24.8. The standard InChI is InChI=1S/C21H18F3N5O2S/c1-20(21(23,24)11-31-10-17(25)29-20)14-8-13(3-4-15(14)22)28-18(30)16-5-2-12(9-27-16)19-26-6-7-32-19/h2-9H,10-11H2,1H3,(H2,25,29)(H,28,30)/t20-/m1/s1. The summed E-state index contributed by atoms with van der Waals surface area (Å²) in [6.07, 6.45) is 3.17. The third-order valence-electron chi connectivity index (χ3n) is 5.04. The number of ether oxygens (including phenoxy) is 1. The summed E-state index contributed by atoms with van der Waals surface area (Å²) < 4.78 is 49.1. The number of hydrogen-bond acceptors (Lipinski definition) is 7. The van der Waals surface area contributed by atoms with Gasteiger partial charge in [-0.2, -0.15) is 0 Å². The Hall–Kier alpha value is -3.31. The minimum Gasteiger partial charge on any atom is -0.385 e. The number of aliphatic imine (C=N–C) groups is 1. The van der Waals surface area contributed by atoms with E-state index in [1.807, 2.05) is 5.38 Å². The predicted octanol–water partition coefficient (Wildman–Crippen LogP) is 3.83. The molecule has 11 heteroatoms. The van der Waals surface area contributed by atoms with Crippen molar-refractivity contribution in [1.29, 1.82) is 0 Å². The lowest BCUT2D eigenvalue weighted by Gasteiger charge is -2.33. The highest BCUT2D eigenvalue weighted by molar-refractivity contribution is 7.13. The van der Waals surface area contributed by atoms with Crippen molar-refractivity contribution in [2.45, 2.75) is 18.4 Å². The lowest BCUT2D eigenvalue weighted by Crippen LogP contribution is -2.45. The van der Waals surface area contributed by atoms with E-state index in [9.17, 15) is 18.0 Å². The molecule has 0 fully saturated rings. The van der Waals surface area contributed by atoms with Gasteiger partial charge in [0, 0.05) is 34.6 Å². The van der Waals surface area contributed by atoms with E-state index in [4.69, 9.17) is 10.5 Å². The van der Waals surface area contributed by atoms with Gasteiger partial charge in [0.1, 0.15) is 35.6 Å². The molecule has 0 saturated carbocycles. The summed E-state index contributed by atoms with van der Waals surface area (Å²) in [6, 6.07) is 6.58. The number of thiazole rings is 1. The number of amides is 1. The maximum Gasteiger partial charge on any atom is 0.299 e. The van der Waals surface area contributed by atoms with Gasteiger partial charge in [-0.1, -0.05) is 0 Å². The van der Waals surface area contributed by atoms with Crippen LogP contribution in [0.15, 0.2) is 53.1 Å². The zero-order valence-electron chi connectivity index (χ0n) is 16.8. The van der Waals surface area contributed by atoms with E-state index >= 15 is 0 Å². The predicted molar refractivity (Wildman–Crippen MR) is 114 cm³/mol. The first kappa shape index (κ1) is 21.9. The van der Waals surface area contributed by atoms with Crippen molar-refractivity contribution < 1.29 is 22.7 Å². The quantitative estimate of drug-likeness (QED) is 0.615. The van der Waals surface area contributed by atoms with Crippen LogP contribution in [0.2, 0.25) is 0 Å². The summed E-state index contributed by atoms with van der Waals surface area (Å²) >= 11 is 1.43. The molecule has 0 unspecified atom stereocenters. The molecule has 0 aliphatic carbocycles. The number of alkyl halides is 2. The number of pyridine rings is 1. The number of amidine groups is 1. The van der Waals surface area contributed by atoms with E-state index in [0.717, 1.165) is 29.6 Å². The SMILES string of the molecule is C[C@]1(c2cc(NC(=O)c3ccc(-c4nccs4)cn3)ccc2F)N=C(N)COCC1(F)F. The monoisotopic (exact) mass is 461 g/mol. The Labute approximate surface area is 185 Å². The molecule has 166 valence electrons. The van der Waals surface area contributed by atoms with Crippen LogP contribution in [0.4, 0.5) is 18.9 Å². The molecule has 3 heterocycles. The van der Waals surface area contributed by atoms with Gasteiger partial charge >= 0.3 is 0 Å². The van der Waals surface area contributed by atoms with Crippen LogP contribution >= 0.6 is 11.3 Å². The fraction of sp³-hybridized carbons (Fsp3) is 0.238. The first-order valence-corrected chi connectivity index (χ1v) is 10.3. The molecule has 3 N–H and O–H groups in total. The third-order valence-corrected chi connectivity index (χ3v) is 5.86. The summed E-state index contributed by atoms with van der Waals surface area (Å²) in [5.41, 5.74) is 3.87. The summed E-state index contributed by atoms with van der Waals surface area (Å²) in [5, 5.41) is 5.14. The Kier molecular flexibility index (Phi) is 5.70. The van der Waals surface area contributed by atoms with Gasteiger partial charge < -0.3 is 15.8 Å². The van der Waals surface area contributed by atoms with Gasteiger partial charge in [0.25, 0.3) is 11.8 Å². The van der Waals surface area contributed by atoms with E-state index in [2.05, 4.69) is 20.3 Å². The highest BCUT2D eigenvalue weighted by Crippen LogP contribution is 2.44. The number of halogens is 3. The molecule has 2 aromatic heterocycles. The smallest absolute Gasteiger partial charge is 0.299 e. The number of nitrogens with zero attached hydrogens (tertiary/aromatic N) is 3. The number of carbonyl (C=O) groups excluding carboxylic acids is 1. The van der Waals surface area contributed by atoms with Crippen LogP contribution < -0.4 is 11.1 Å². The fourth-order valence-corrected chi connectivity index (χ4v) is 3.90. The van der Waals surface area contributed by atoms with Crippen LogP contribution in [0.3, 0.4) is 0 Å². The highest BCUT2D eigenvalue weighted by atomic mass is 32.1. The molecule has 4 rings (SSSR count). The number of nitrogens with one attached hydrogen (secondary N) is 1. The first-order chi connectivity index (χ1) is 15.2. The second kappa shape index (κ2) is 8.32. The molecule has 0 bridgehead atoms. The Morgan fingerprint density at radius 3 is 2.75 bits per heavy atom. The second-order valence-corrected chi connectivity index (χ2v) is 8.19. The average Bonchev–Trinajstić information content (AvgIpc) is 3.26. The molecule has 1 aliphatic heterocycles. The Morgan fingerprint density at radius 1 is 1.25 bits per heavy atom. The van der Waals surface area contributed by atoms with Gasteiger partial charge in [0.15, 0.2) is 5.54 Å². The number of carbonyl (C=O) groups is 1. The van der Waals surface area contributed by atoms with Gasteiger partial charge in [-0.3, -0.25) is 14.8 Å². The van der Waals surface area contributed by atoms with Crippen molar-refractivity contribution in [3.63, 3.8) is 0 Å². The number of rotatable bonds is 4. The molecule has 32 heavy (non-hydrogen) atoms. The van der Waals surface area contributed by atoms with Crippen LogP contribution in [0.1, 0.15) is 23.0 Å². The van der Waals surface area contributed by atoms with Gasteiger partial charge in [-0.15, -0.1) is 11.3 Å². The minimum atomic E-state index is -3.54. The van der Waals surface area contributed by atoms with Crippen LogP contribution in [-0.2, 0) is 10.3 Å². The molecule has 1 amide bonds. The Bertz CT molecular complexity index is 1170. The average molecular weight is 461 g/mol. The molecular formula is C21H18F3N5O2S. The largest absolute Gasteiger partial charge is 0.385 e. The number of anilines is 1. The van der Waals surface area contributed by atoms with Crippen molar-refractivity contribution in [2.75, 3.05) is 18.5 Å². The Morgan fingerprint density at radius 2 is 2.06 bits per heavy atom. The first-order valence-electron chi connectivity index (χ1n) is 9.47. The van der Waals surface area contributed by atoms with E-state index in [-0.39, 0.29) is 23.8 Å². The second-order valence-electron chi connectivity index (χ2n) is 7.29. The molecule has 0 spiro atoms. The normalized spacial score (nSPS) is 20.3. The van der Waals surface area contributed by atoms with Crippen LogP contribution in [0, 0.1) is 5.82 Å². The third kappa shape index (κ3) is 4.08. The zero-order chi connectivity index (χ0) is 22.9. The van der Waals surface area contributed by atoms with Gasteiger partial charge in [-0.25, -0.2) is 18.2 Å². The van der Waals surface area contributed by atoms with Gasteiger partial charge in [0.05, 0.1) is 0 Å².